The third kappa shape index (κ3) is 3.89. The van der Waals surface area contributed by atoms with Crippen molar-refractivity contribution in [3.63, 3.8) is 0 Å². The van der Waals surface area contributed by atoms with Gasteiger partial charge in [0.05, 0.1) is 19.1 Å². The number of carbonyl (C=O) groups is 1. The summed E-state index contributed by atoms with van der Waals surface area (Å²) in [5.74, 6) is -0.947. The zero-order chi connectivity index (χ0) is 14.4. The van der Waals surface area contributed by atoms with Gasteiger partial charge < -0.3 is 15.2 Å². The molecule has 0 amide bonds. The normalized spacial score (nSPS) is 10.1. The molecule has 0 aliphatic heterocycles. The number of nitrogens with two attached hydrogens (primary N) is 1. The van der Waals surface area contributed by atoms with Gasteiger partial charge in [0, 0.05) is 12.1 Å². The Kier molecular flexibility index (Phi) is 5.21. The third-order valence-electron chi connectivity index (χ3n) is 2.35. The van der Waals surface area contributed by atoms with Crippen molar-refractivity contribution >= 4 is 5.97 Å². The van der Waals surface area contributed by atoms with Crippen molar-refractivity contribution in [1.82, 2.24) is 0 Å². The number of ether oxygens (including phenoxy) is 2. The molecule has 0 spiro atoms. The molecule has 1 aromatic carbocycles. The number of nitriles is 1. The minimum absolute atomic E-state index is 0.0952. The Morgan fingerprint density at radius 1 is 1.53 bits per heavy atom. The average molecular weight is 270 g/mol. The summed E-state index contributed by atoms with van der Waals surface area (Å²) in [6.07, 6.45) is -0.277. The van der Waals surface area contributed by atoms with E-state index in [-0.39, 0.29) is 29.8 Å². The molecule has 19 heavy (non-hydrogen) atoms. The number of hydrogen-bond donors (Lipinski definition) is 1. The summed E-state index contributed by atoms with van der Waals surface area (Å²) in [5.41, 5.74) is 6.03. The lowest BCUT2D eigenvalue weighted by molar-refractivity contribution is -0.139. The summed E-state index contributed by atoms with van der Waals surface area (Å²) >= 11 is 0. The molecule has 102 valence electrons. The van der Waals surface area contributed by atoms with Crippen molar-refractivity contribution in [3.05, 3.63) is 28.8 Å². The summed E-state index contributed by atoms with van der Waals surface area (Å²) in [4.78, 5) is 11.2. The summed E-state index contributed by atoms with van der Waals surface area (Å²) < 4.78 is 33.5. The predicted octanol–water partition coefficient (Wildman–Crippen LogP) is 1.33. The number of methoxy groups -OCH3 is 1. The molecule has 0 radical (unpaired) electrons. The fraction of sp³-hybridized carbons (Fsp3) is 0.333. The van der Waals surface area contributed by atoms with E-state index in [0.29, 0.717) is 5.56 Å². The number of hydrogen-bond acceptors (Lipinski definition) is 5. The number of carbonyl (C=O) groups excluding carboxylic acids is 1. The minimum Gasteiger partial charge on any atom is -0.469 e. The lowest BCUT2D eigenvalue weighted by Gasteiger charge is -2.13. The van der Waals surface area contributed by atoms with Crippen LogP contribution in [0.25, 0.3) is 0 Å². The molecular formula is C12H12F2N2O3. The van der Waals surface area contributed by atoms with Gasteiger partial charge in [0.15, 0.2) is 0 Å². The van der Waals surface area contributed by atoms with E-state index >= 15 is 0 Å². The maximum atomic E-state index is 12.3. The van der Waals surface area contributed by atoms with Crippen molar-refractivity contribution in [2.75, 3.05) is 7.11 Å². The van der Waals surface area contributed by atoms with Gasteiger partial charge in [-0.2, -0.15) is 14.0 Å². The van der Waals surface area contributed by atoms with Crippen molar-refractivity contribution < 1.29 is 23.0 Å². The molecule has 1 aromatic rings. The van der Waals surface area contributed by atoms with Gasteiger partial charge in [-0.15, -0.1) is 0 Å². The third-order valence-corrected chi connectivity index (χ3v) is 2.35. The highest BCUT2D eigenvalue weighted by molar-refractivity contribution is 5.74. The van der Waals surface area contributed by atoms with Crippen molar-refractivity contribution in [2.24, 2.45) is 5.73 Å². The molecular weight excluding hydrogens is 258 g/mol. The molecule has 0 aromatic heterocycles. The van der Waals surface area contributed by atoms with E-state index < -0.39 is 12.6 Å². The SMILES string of the molecule is COC(=O)Cc1cc(CN)cc(C#N)c1OC(F)F. The van der Waals surface area contributed by atoms with Gasteiger partial charge >= 0.3 is 12.6 Å². The molecule has 0 saturated carbocycles. The minimum atomic E-state index is -3.09. The Balaban J connectivity index is 3.29. The van der Waals surface area contributed by atoms with Crippen LogP contribution in [-0.4, -0.2) is 19.7 Å². The van der Waals surface area contributed by atoms with Crippen LogP contribution in [-0.2, 0) is 22.5 Å². The molecule has 1 rings (SSSR count). The van der Waals surface area contributed by atoms with Crippen LogP contribution in [0.3, 0.4) is 0 Å². The van der Waals surface area contributed by atoms with E-state index in [4.69, 9.17) is 11.0 Å². The first-order valence-corrected chi connectivity index (χ1v) is 5.29. The standard InChI is InChI=1S/C12H12F2N2O3/c1-18-10(17)4-8-2-7(5-15)3-9(6-16)11(8)19-12(13)14/h2-3,12H,4-5,15H2,1H3. The number of benzene rings is 1. The Morgan fingerprint density at radius 2 is 2.21 bits per heavy atom. The maximum absolute atomic E-state index is 12.3. The van der Waals surface area contributed by atoms with Crippen LogP contribution in [0.15, 0.2) is 12.1 Å². The van der Waals surface area contributed by atoms with Crippen molar-refractivity contribution in [1.29, 1.82) is 5.26 Å². The maximum Gasteiger partial charge on any atom is 0.387 e. The Labute approximate surface area is 108 Å². The molecule has 0 fully saturated rings. The van der Waals surface area contributed by atoms with Gasteiger partial charge in [0.2, 0.25) is 0 Å². The van der Waals surface area contributed by atoms with E-state index in [2.05, 4.69) is 9.47 Å². The second-order valence-electron chi connectivity index (χ2n) is 3.58. The van der Waals surface area contributed by atoms with Crippen LogP contribution in [0.2, 0.25) is 0 Å². The molecule has 0 aliphatic carbocycles. The highest BCUT2D eigenvalue weighted by Gasteiger charge is 2.18. The first-order chi connectivity index (χ1) is 9.01. The summed E-state index contributed by atoms with van der Waals surface area (Å²) in [5, 5.41) is 8.94. The van der Waals surface area contributed by atoms with Crippen LogP contribution in [0.5, 0.6) is 5.75 Å². The molecule has 0 aliphatic rings. The molecule has 0 unspecified atom stereocenters. The molecule has 0 bridgehead atoms. The number of esters is 1. The highest BCUT2D eigenvalue weighted by atomic mass is 19.3. The number of halogens is 2. The van der Waals surface area contributed by atoms with E-state index in [1.165, 1.54) is 19.2 Å². The predicted molar refractivity (Wildman–Crippen MR) is 61.4 cm³/mol. The number of alkyl halides is 2. The number of nitrogens with zero attached hydrogens (tertiary/aromatic N) is 1. The summed E-state index contributed by atoms with van der Waals surface area (Å²) in [6.45, 7) is -2.98. The van der Waals surface area contributed by atoms with Gasteiger partial charge in [0.25, 0.3) is 0 Å². The van der Waals surface area contributed by atoms with Gasteiger partial charge in [0.1, 0.15) is 11.8 Å². The van der Waals surface area contributed by atoms with E-state index in [9.17, 15) is 13.6 Å². The lowest BCUT2D eigenvalue weighted by atomic mass is 10.0. The highest BCUT2D eigenvalue weighted by Crippen LogP contribution is 2.28. The molecule has 7 heteroatoms. The second-order valence-corrected chi connectivity index (χ2v) is 3.58. The number of rotatable bonds is 5. The van der Waals surface area contributed by atoms with Crippen LogP contribution in [0.1, 0.15) is 16.7 Å². The second kappa shape index (κ2) is 6.66. The molecule has 0 saturated heterocycles. The van der Waals surface area contributed by atoms with Crippen LogP contribution in [0, 0.1) is 11.3 Å². The molecule has 2 N–H and O–H groups in total. The first-order valence-electron chi connectivity index (χ1n) is 5.29. The molecule has 0 heterocycles. The monoisotopic (exact) mass is 270 g/mol. The summed E-state index contributed by atoms with van der Waals surface area (Å²) in [7, 11) is 1.17. The van der Waals surface area contributed by atoms with Crippen LogP contribution < -0.4 is 10.5 Å². The van der Waals surface area contributed by atoms with Gasteiger partial charge in [-0.25, -0.2) is 0 Å². The van der Waals surface area contributed by atoms with Gasteiger partial charge in [-0.3, -0.25) is 4.79 Å². The van der Waals surface area contributed by atoms with Crippen LogP contribution in [0.4, 0.5) is 8.78 Å². The summed E-state index contributed by atoms with van der Waals surface area (Å²) in [6, 6.07) is 4.53. The van der Waals surface area contributed by atoms with Gasteiger partial charge in [-0.05, 0) is 11.6 Å². The Bertz CT molecular complexity index is 512. The van der Waals surface area contributed by atoms with E-state index in [1.54, 1.807) is 6.07 Å². The fourth-order valence-electron chi connectivity index (χ4n) is 1.54. The largest absolute Gasteiger partial charge is 0.469 e. The fourth-order valence-corrected chi connectivity index (χ4v) is 1.54. The average Bonchev–Trinajstić information content (AvgIpc) is 2.39. The Morgan fingerprint density at radius 3 is 2.68 bits per heavy atom. The smallest absolute Gasteiger partial charge is 0.387 e. The zero-order valence-corrected chi connectivity index (χ0v) is 10.2. The first kappa shape index (κ1) is 14.9. The van der Waals surface area contributed by atoms with Crippen LogP contribution >= 0.6 is 0 Å². The zero-order valence-electron chi connectivity index (χ0n) is 10.2. The molecule has 0 atom stereocenters. The van der Waals surface area contributed by atoms with Gasteiger partial charge in [-0.1, -0.05) is 6.07 Å². The van der Waals surface area contributed by atoms with E-state index in [1.807, 2.05) is 0 Å². The quantitative estimate of drug-likeness (QED) is 0.816. The van der Waals surface area contributed by atoms with Crippen molar-refractivity contribution in [2.45, 2.75) is 19.6 Å². The van der Waals surface area contributed by atoms with Crippen molar-refractivity contribution in [3.8, 4) is 11.8 Å². The van der Waals surface area contributed by atoms with E-state index in [0.717, 1.165) is 0 Å². The lowest BCUT2D eigenvalue weighted by Crippen LogP contribution is -2.12. The Hall–Kier alpha value is -2.20. The molecule has 5 nitrogen and oxygen atoms in total. The topological polar surface area (TPSA) is 85.3 Å².